The third-order valence-electron chi connectivity index (χ3n) is 3.93. The van der Waals surface area contributed by atoms with Gasteiger partial charge in [-0.2, -0.15) is 0 Å². The highest BCUT2D eigenvalue weighted by Gasteiger charge is 2.42. The van der Waals surface area contributed by atoms with Crippen LogP contribution in [0.5, 0.6) is 0 Å². The number of amides is 1. The Hall–Kier alpha value is -2.71. The number of hydrogen-bond acceptors (Lipinski definition) is 8. The summed E-state index contributed by atoms with van der Waals surface area (Å²) in [6.45, 7) is 2.82. The van der Waals surface area contributed by atoms with Gasteiger partial charge in [0.2, 0.25) is 5.78 Å². The van der Waals surface area contributed by atoms with Crippen LogP contribution in [0.25, 0.3) is 0 Å². The molecule has 26 heavy (non-hydrogen) atoms. The molecule has 0 radical (unpaired) electrons. The molecule has 0 aromatic carbocycles. The molecule has 0 aromatic heterocycles. The van der Waals surface area contributed by atoms with Crippen molar-refractivity contribution in [1.82, 2.24) is 4.90 Å². The molecule has 1 rings (SSSR count). The lowest BCUT2D eigenvalue weighted by Gasteiger charge is -2.27. The van der Waals surface area contributed by atoms with Gasteiger partial charge in [-0.3, -0.25) is 9.59 Å². The van der Waals surface area contributed by atoms with Gasteiger partial charge in [0.05, 0.1) is 19.6 Å². The first-order chi connectivity index (χ1) is 12.1. The van der Waals surface area contributed by atoms with Crippen molar-refractivity contribution >= 4 is 29.6 Å². The van der Waals surface area contributed by atoms with Crippen LogP contribution < -0.4 is 0 Å². The van der Waals surface area contributed by atoms with Crippen LogP contribution in [0.4, 0.5) is 0 Å². The molecular weight excluding hydrogens is 346 g/mol. The van der Waals surface area contributed by atoms with Gasteiger partial charge in [0.25, 0.3) is 5.91 Å². The Morgan fingerprint density at radius 2 is 1.65 bits per heavy atom. The van der Waals surface area contributed by atoms with Crippen LogP contribution in [0.3, 0.4) is 0 Å². The first kappa shape index (κ1) is 21.3. The third-order valence-corrected chi connectivity index (χ3v) is 3.93. The molecule has 9 heteroatoms. The van der Waals surface area contributed by atoms with Crippen molar-refractivity contribution in [2.45, 2.75) is 32.7 Å². The molecule has 1 aliphatic heterocycles. The molecule has 0 saturated carbocycles. The highest BCUT2D eigenvalue weighted by Crippen LogP contribution is 2.24. The molecule has 0 aromatic rings. The largest absolute Gasteiger partial charge is 0.467 e. The molecule has 144 valence electrons. The Morgan fingerprint density at radius 1 is 1.04 bits per heavy atom. The summed E-state index contributed by atoms with van der Waals surface area (Å²) in [7, 11) is 2.38. The van der Waals surface area contributed by atoms with Gasteiger partial charge >= 0.3 is 17.9 Å². The Bertz CT molecular complexity index is 622. The minimum Gasteiger partial charge on any atom is -0.467 e. The smallest absolute Gasteiger partial charge is 0.331 e. The maximum absolute atomic E-state index is 12.5. The molecule has 1 saturated heterocycles. The van der Waals surface area contributed by atoms with Crippen molar-refractivity contribution < 1.29 is 38.2 Å². The number of ether oxygens (including phenoxy) is 3. The summed E-state index contributed by atoms with van der Waals surface area (Å²) in [5.74, 6) is -3.74. The summed E-state index contributed by atoms with van der Waals surface area (Å²) >= 11 is 0. The minimum absolute atomic E-state index is 0.280. The number of nitrogens with zero attached hydrogens (tertiary/aromatic N) is 1. The molecule has 1 aliphatic rings. The minimum atomic E-state index is -1.30. The zero-order chi connectivity index (χ0) is 19.9. The molecule has 0 bridgehead atoms. The van der Waals surface area contributed by atoms with Crippen molar-refractivity contribution in [3.63, 3.8) is 0 Å². The van der Waals surface area contributed by atoms with Crippen LogP contribution >= 0.6 is 0 Å². The van der Waals surface area contributed by atoms with E-state index in [0.717, 1.165) is 19.3 Å². The number of carbonyl (C=O) groups excluding carboxylic acids is 5. The zero-order valence-corrected chi connectivity index (χ0v) is 15.3. The number of ketones is 1. The second-order valence-electron chi connectivity index (χ2n) is 6.36. The molecule has 0 spiro atoms. The summed E-state index contributed by atoms with van der Waals surface area (Å²) in [6.07, 6.45) is 2.77. The van der Waals surface area contributed by atoms with E-state index in [0.29, 0.717) is 12.8 Å². The van der Waals surface area contributed by atoms with E-state index >= 15 is 0 Å². The molecule has 0 unspecified atom stereocenters. The van der Waals surface area contributed by atoms with E-state index in [1.165, 1.54) is 25.9 Å². The molecule has 1 amide bonds. The Kier molecular flexibility index (Phi) is 7.48. The highest BCUT2D eigenvalue weighted by molar-refractivity contribution is 6.38. The summed E-state index contributed by atoms with van der Waals surface area (Å²) in [5, 5.41) is 0. The molecule has 1 heterocycles. The van der Waals surface area contributed by atoms with Gasteiger partial charge < -0.3 is 19.1 Å². The Morgan fingerprint density at radius 3 is 2.23 bits per heavy atom. The van der Waals surface area contributed by atoms with E-state index in [1.807, 2.05) is 0 Å². The number of Topliss-reactive ketones (excluding diaryl/α,β-unsaturated/α-hetero) is 1. The molecule has 0 aliphatic carbocycles. The van der Waals surface area contributed by atoms with Crippen molar-refractivity contribution in [2.24, 2.45) is 5.41 Å². The third kappa shape index (κ3) is 5.40. The Balaban J connectivity index is 2.70. The lowest BCUT2D eigenvalue weighted by molar-refractivity contribution is -0.158. The van der Waals surface area contributed by atoms with Crippen molar-refractivity contribution in [2.75, 3.05) is 27.4 Å². The maximum atomic E-state index is 12.5. The predicted molar refractivity (Wildman–Crippen MR) is 87.7 cm³/mol. The van der Waals surface area contributed by atoms with Gasteiger partial charge in [0, 0.05) is 18.7 Å². The molecule has 9 nitrogen and oxygen atoms in total. The first-order valence-corrected chi connectivity index (χ1v) is 8.00. The van der Waals surface area contributed by atoms with Crippen molar-refractivity contribution in [1.29, 1.82) is 0 Å². The quantitative estimate of drug-likeness (QED) is 0.267. The lowest BCUT2D eigenvalue weighted by Crippen LogP contribution is -2.49. The van der Waals surface area contributed by atoms with E-state index in [-0.39, 0.29) is 13.2 Å². The average molecular weight is 369 g/mol. The van der Waals surface area contributed by atoms with Crippen LogP contribution in [-0.2, 0) is 38.2 Å². The first-order valence-electron chi connectivity index (χ1n) is 8.00. The predicted octanol–water partition coefficient (Wildman–Crippen LogP) is 0.0181. The molecular formula is C17H23NO8. The second kappa shape index (κ2) is 9.12. The van der Waals surface area contributed by atoms with Crippen LogP contribution in [-0.4, -0.2) is 67.9 Å². The number of likely N-dealkylation sites (tertiary alicyclic amines) is 1. The monoisotopic (exact) mass is 369 g/mol. The second-order valence-corrected chi connectivity index (χ2v) is 6.36. The van der Waals surface area contributed by atoms with E-state index in [4.69, 9.17) is 4.74 Å². The average Bonchev–Trinajstić information content (AvgIpc) is 3.12. The fourth-order valence-electron chi connectivity index (χ4n) is 2.38. The van der Waals surface area contributed by atoms with Gasteiger partial charge in [-0.15, -0.1) is 0 Å². The number of hydrogen-bond donors (Lipinski definition) is 0. The van der Waals surface area contributed by atoms with Gasteiger partial charge in [-0.25, -0.2) is 14.4 Å². The summed E-state index contributed by atoms with van der Waals surface area (Å²) in [4.78, 5) is 60.4. The number of methoxy groups -OCH3 is 2. The van der Waals surface area contributed by atoms with Gasteiger partial charge in [0.1, 0.15) is 12.6 Å². The SMILES string of the molecule is COC(=O)/C=C/C(=O)OCC(C)(C)C(=O)C(=O)N1CCC[C@H]1C(=O)OC. The van der Waals surface area contributed by atoms with Crippen molar-refractivity contribution in [3.8, 4) is 0 Å². The van der Waals surface area contributed by atoms with E-state index in [1.54, 1.807) is 0 Å². The fourth-order valence-corrected chi connectivity index (χ4v) is 2.38. The van der Waals surface area contributed by atoms with Crippen LogP contribution in [0.1, 0.15) is 26.7 Å². The standard InChI is InChI=1S/C17H23NO8/c1-17(2,10-26-13(20)8-7-12(19)24-3)14(21)15(22)18-9-5-6-11(18)16(23)25-4/h7-8,11H,5-6,9-10H2,1-4H3/b8-7+/t11-/m0/s1. The maximum Gasteiger partial charge on any atom is 0.331 e. The van der Waals surface area contributed by atoms with Crippen LogP contribution in [0.2, 0.25) is 0 Å². The highest BCUT2D eigenvalue weighted by atomic mass is 16.5. The lowest BCUT2D eigenvalue weighted by atomic mass is 9.88. The summed E-state index contributed by atoms with van der Waals surface area (Å²) in [5.41, 5.74) is -1.30. The van der Waals surface area contributed by atoms with E-state index in [9.17, 15) is 24.0 Å². The number of esters is 3. The topological polar surface area (TPSA) is 116 Å². The summed E-state index contributed by atoms with van der Waals surface area (Å²) < 4.78 is 13.9. The van der Waals surface area contributed by atoms with Crippen LogP contribution in [0, 0.1) is 5.41 Å². The van der Waals surface area contributed by atoms with Gasteiger partial charge in [0.15, 0.2) is 0 Å². The van der Waals surface area contributed by atoms with Gasteiger partial charge in [-0.1, -0.05) is 0 Å². The van der Waals surface area contributed by atoms with E-state index < -0.39 is 41.1 Å². The zero-order valence-electron chi connectivity index (χ0n) is 15.3. The normalized spacial score (nSPS) is 17.1. The van der Waals surface area contributed by atoms with Crippen LogP contribution in [0.15, 0.2) is 12.2 Å². The molecule has 0 N–H and O–H groups in total. The summed E-state index contributed by atoms with van der Waals surface area (Å²) in [6, 6.07) is -0.780. The number of rotatable bonds is 7. The molecule has 1 atom stereocenters. The van der Waals surface area contributed by atoms with Crippen molar-refractivity contribution in [3.05, 3.63) is 12.2 Å². The fraction of sp³-hybridized carbons (Fsp3) is 0.588. The number of carbonyl (C=O) groups is 5. The molecule has 1 fully saturated rings. The Labute approximate surface area is 151 Å². The van der Waals surface area contributed by atoms with Gasteiger partial charge in [-0.05, 0) is 26.7 Å². The van der Waals surface area contributed by atoms with E-state index in [2.05, 4.69) is 9.47 Å².